The first kappa shape index (κ1) is 14.2. The third-order valence-corrected chi connectivity index (χ3v) is 4.59. The second kappa shape index (κ2) is 4.37. The Kier molecular flexibility index (Phi) is 2.95. The summed E-state index contributed by atoms with van der Waals surface area (Å²) in [5, 5.41) is 0. The zero-order valence-corrected chi connectivity index (χ0v) is 13.0. The van der Waals surface area contributed by atoms with E-state index >= 15 is 0 Å². The number of ether oxygens (including phenoxy) is 4. The first-order valence-corrected chi connectivity index (χ1v) is 7.06. The van der Waals surface area contributed by atoms with Crippen LogP contribution in [-0.4, -0.2) is 26.5 Å². The molecule has 1 aromatic rings. The Balaban J connectivity index is 2.32. The van der Waals surface area contributed by atoms with Crippen molar-refractivity contribution >= 4 is 5.97 Å². The van der Waals surface area contributed by atoms with Crippen molar-refractivity contribution in [3.05, 3.63) is 23.3 Å². The van der Waals surface area contributed by atoms with E-state index in [0.29, 0.717) is 17.9 Å². The predicted octanol–water partition coefficient (Wildman–Crippen LogP) is 2.50. The molecular formula is C16H20O5. The summed E-state index contributed by atoms with van der Waals surface area (Å²) in [6, 6.07) is 3.76. The summed E-state index contributed by atoms with van der Waals surface area (Å²) in [5.74, 6) is 0.903. The van der Waals surface area contributed by atoms with Crippen molar-refractivity contribution in [3.8, 4) is 11.5 Å². The quantitative estimate of drug-likeness (QED) is 0.801. The van der Waals surface area contributed by atoms with Crippen molar-refractivity contribution in [2.75, 3.05) is 14.2 Å². The summed E-state index contributed by atoms with van der Waals surface area (Å²) >= 11 is 0. The van der Waals surface area contributed by atoms with Crippen LogP contribution in [0.2, 0.25) is 0 Å². The number of carbonyl (C=O) groups excluding carboxylic acids is 1. The van der Waals surface area contributed by atoms with Crippen LogP contribution in [0.4, 0.5) is 0 Å². The van der Waals surface area contributed by atoms with Gasteiger partial charge >= 0.3 is 5.97 Å². The van der Waals surface area contributed by atoms with Gasteiger partial charge in [0, 0.05) is 5.56 Å². The average Bonchev–Trinajstić information content (AvgIpc) is 2.81. The Hall–Kier alpha value is -1.75. The highest BCUT2D eigenvalue weighted by molar-refractivity contribution is 5.85. The van der Waals surface area contributed by atoms with Gasteiger partial charge < -0.3 is 18.9 Å². The van der Waals surface area contributed by atoms with Crippen LogP contribution in [-0.2, 0) is 25.3 Å². The van der Waals surface area contributed by atoms with E-state index in [1.807, 2.05) is 32.9 Å². The SMILES string of the molecule is CCC12OC(OC1=O)C(C)(C)c1cc(OC)c(OC)cc12. The minimum Gasteiger partial charge on any atom is -0.493 e. The first-order valence-electron chi connectivity index (χ1n) is 7.06. The summed E-state index contributed by atoms with van der Waals surface area (Å²) < 4.78 is 22.2. The zero-order valence-electron chi connectivity index (χ0n) is 13.0. The number of hydrogen-bond donors (Lipinski definition) is 0. The molecule has 0 aromatic heterocycles. The fourth-order valence-electron chi connectivity index (χ4n) is 3.21. The molecule has 2 atom stereocenters. The van der Waals surface area contributed by atoms with Gasteiger partial charge in [-0.1, -0.05) is 6.92 Å². The van der Waals surface area contributed by atoms with Gasteiger partial charge in [0.25, 0.3) is 0 Å². The lowest BCUT2D eigenvalue weighted by molar-refractivity contribution is -0.149. The molecule has 1 saturated heterocycles. The second-order valence-electron chi connectivity index (χ2n) is 6.01. The number of hydrogen-bond acceptors (Lipinski definition) is 5. The van der Waals surface area contributed by atoms with Crippen LogP contribution in [0.3, 0.4) is 0 Å². The van der Waals surface area contributed by atoms with Crippen LogP contribution >= 0.6 is 0 Å². The molecule has 2 bridgehead atoms. The molecule has 2 aliphatic heterocycles. The molecule has 5 nitrogen and oxygen atoms in total. The van der Waals surface area contributed by atoms with Gasteiger partial charge in [0.05, 0.1) is 19.6 Å². The topological polar surface area (TPSA) is 54.0 Å². The lowest BCUT2D eigenvalue weighted by Crippen LogP contribution is -2.44. The van der Waals surface area contributed by atoms with Gasteiger partial charge in [-0.05, 0) is 38.0 Å². The Morgan fingerprint density at radius 3 is 2.24 bits per heavy atom. The van der Waals surface area contributed by atoms with Crippen LogP contribution in [0, 0.1) is 0 Å². The van der Waals surface area contributed by atoms with Crippen LogP contribution in [0.5, 0.6) is 11.5 Å². The number of rotatable bonds is 3. The summed E-state index contributed by atoms with van der Waals surface area (Å²) in [4.78, 5) is 12.4. The number of methoxy groups -OCH3 is 2. The van der Waals surface area contributed by atoms with Crippen LogP contribution in [0.15, 0.2) is 12.1 Å². The van der Waals surface area contributed by atoms with Crippen molar-refractivity contribution in [1.82, 2.24) is 0 Å². The van der Waals surface area contributed by atoms with Crippen molar-refractivity contribution < 1.29 is 23.7 Å². The van der Waals surface area contributed by atoms with Gasteiger partial charge in [-0.2, -0.15) is 0 Å². The van der Waals surface area contributed by atoms with Crippen molar-refractivity contribution in [3.63, 3.8) is 0 Å². The van der Waals surface area contributed by atoms with Crippen LogP contribution in [0.25, 0.3) is 0 Å². The molecule has 0 radical (unpaired) electrons. The summed E-state index contributed by atoms with van der Waals surface area (Å²) in [7, 11) is 3.18. The van der Waals surface area contributed by atoms with Gasteiger partial charge in [0.1, 0.15) is 0 Å². The fraction of sp³-hybridized carbons (Fsp3) is 0.562. The molecule has 0 N–H and O–H groups in total. The lowest BCUT2D eigenvalue weighted by atomic mass is 9.74. The largest absolute Gasteiger partial charge is 0.493 e. The van der Waals surface area contributed by atoms with Gasteiger partial charge in [0.2, 0.25) is 6.29 Å². The molecule has 2 heterocycles. The fourth-order valence-corrected chi connectivity index (χ4v) is 3.21. The predicted molar refractivity (Wildman–Crippen MR) is 75.5 cm³/mol. The number of carbonyl (C=O) groups is 1. The highest BCUT2D eigenvalue weighted by Gasteiger charge is 2.61. The normalized spacial score (nSPS) is 28.8. The average molecular weight is 292 g/mol. The smallest absolute Gasteiger partial charge is 0.345 e. The second-order valence-corrected chi connectivity index (χ2v) is 6.01. The summed E-state index contributed by atoms with van der Waals surface area (Å²) in [6.07, 6.45) is -0.0588. The minimum atomic E-state index is -1.03. The Labute approximate surface area is 124 Å². The van der Waals surface area contributed by atoms with Gasteiger partial charge in [-0.15, -0.1) is 0 Å². The molecule has 0 aliphatic carbocycles. The molecule has 21 heavy (non-hydrogen) atoms. The van der Waals surface area contributed by atoms with Crippen molar-refractivity contribution in [2.45, 2.75) is 44.5 Å². The van der Waals surface area contributed by atoms with E-state index in [0.717, 1.165) is 11.1 Å². The van der Waals surface area contributed by atoms with E-state index in [1.54, 1.807) is 14.2 Å². The molecule has 0 spiro atoms. The monoisotopic (exact) mass is 292 g/mol. The Morgan fingerprint density at radius 2 is 1.71 bits per heavy atom. The third-order valence-electron chi connectivity index (χ3n) is 4.59. The minimum absolute atomic E-state index is 0.325. The highest BCUT2D eigenvalue weighted by Crippen LogP contribution is 2.54. The van der Waals surface area contributed by atoms with Crippen LogP contribution in [0.1, 0.15) is 38.3 Å². The number of benzene rings is 1. The lowest BCUT2D eigenvalue weighted by Gasteiger charge is -2.40. The van der Waals surface area contributed by atoms with Crippen molar-refractivity contribution in [2.24, 2.45) is 0 Å². The van der Waals surface area contributed by atoms with E-state index in [-0.39, 0.29) is 5.97 Å². The molecule has 5 heteroatoms. The molecule has 0 amide bonds. The van der Waals surface area contributed by atoms with E-state index < -0.39 is 17.3 Å². The summed E-state index contributed by atoms with van der Waals surface area (Å²) in [5.41, 5.74) is 0.338. The molecular weight excluding hydrogens is 272 g/mol. The molecule has 114 valence electrons. The maximum Gasteiger partial charge on any atom is 0.345 e. The maximum atomic E-state index is 12.4. The van der Waals surface area contributed by atoms with Crippen LogP contribution < -0.4 is 9.47 Å². The molecule has 1 fully saturated rings. The van der Waals surface area contributed by atoms with Gasteiger partial charge in [0.15, 0.2) is 17.1 Å². The molecule has 2 unspecified atom stereocenters. The molecule has 1 aromatic carbocycles. The van der Waals surface area contributed by atoms with E-state index in [9.17, 15) is 4.79 Å². The Bertz CT molecular complexity index is 607. The van der Waals surface area contributed by atoms with Crippen molar-refractivity contribution in [1.29, 1.82) is 0 Å². The van der Waals surface area contributed by atoms with Gasteiger partial charge in [-0.3, -0.25) is 0 Å². The first-order chi connectivity index (χ1) is 9.90. The van der Waals surface area contributed by atoms with Gasteiger partial charge in [-0.25, -0.2) is 4.79 Å². The molecule has 2 aliphatic rings. The van der Waals surface area contributed by atoms with E-state index in [1.165, 1.54) is 0 Å². The number of esters is 1. The van der Waals surface area contributed by atoms with E-state index in [4.69, 9.17) is 18.9 Å². The molecule has 0 saturated carbocycles. The maximum absolute atomic E-state index is 12.4. The third kappa shape index (κ3) is 1.64. The summed E-state index contributed by atoms with van der Waals surface area (Å²) in [6.45, 7) is 5.92. The molecule has 3 rings (SSSR count). The number of fused-ring (bicyclic) bond motifs is 4. The Morgan fingerprint density at radius 1 is 1.14 bits per heavy atom. The zero-order chi connectivity index (χ0) is 15.4. The highest BCUT2D eigenvalue weighted by atomic mass is 16.8. The standard InChI is InChI=1S/C16H20O5/c1-6-16-10-8-12(19-5)11(18-4)7-9(10)15(2,3)14(21-16)20-13(16)17/h7-8,14H,6H2,1-5H3. The van der Waals surface area contributed by atoms with E-state index in [2.05, 4.69) is 0 Å².